The van der Waals surface area contributed by atoms with Gasteiger partial charge < -0.3 is 18.9 Å². The third-order valence-electron chi connectivity index (χ3n) is 23.7. The smallest absolute Gasteiger partial charge is 0.0632 e. The summed E-state index contributed by atoms with van der Waals surface area (Å²) in [5, 5.41) is 20.7. The lowest BCUT2D eigenvalue weighted by atomic mass is 9.90. The van der Waals surface area contributed by atoms with E-state index in [1.807, 2.05) is 0 Å². The van der Waals surface area contributed by atoms with Crippen molar-refractivity contribution in [2.24, 2.45) is 0 Å². The highest BCUT2D eigenvalue weighted by Crippen LogP contribution is 2.58. The molecule has 112 heavy (non-hydrogen) atoms. The average Bonchev–Trinajstić information content (AvgIpc) is 2.07. The third-order valence-corrected chi connectivity index (χ3v) is 23.7. The van der Waals surface area contributed by atoms with E-state index < -0.39 is 0 Å². The molecule has 0 fully saturated rings. The van der Waals surface area contributed by atoms with E-state index in [-0.39, 0.29) is 0 Å². The molecule has 4 nitrogen and oxygen atoms in total. The summed E-state index contributed by atoms with van der Waals surface area (Å²) in [5.74, 6) is 0. The molecule has 22 aromatic rings. The number of hydrogen-bond acceptors (Lipinski definition) is 2. The molecule has 0 amide bonds. The minimum absolute atomic E-state index is 1.12. The molecule has 4 heteroatoms. The summed E-state index contributed by atoms with van der Waals surface area (Å²) in [4.78, 5) is 4.74. The van der Waals surface area contributed by atoms with Crippen LogP contribution in [0.2, 0.25) is 0 Å². The van der Waals surface area contributed by atoms with Gasteiger partial charge in [-0.25, -0.2) is 0 Å². The highest BCUT2D eigenvalue weighted by Gasteiger charge is 2.34. The van der Waals surface area contributed by atoms with Gasteiger partial charge in [0.15, 0.2) is 0 Å². The minimum atomic E-state index is 1.12. The fourth-order valence-electron chi connectivity index (χ4n) is 18.8. The molecule has 20 aromatic carbocycles. The Morgan fingerprint density at radius 1 is 0.179 bits per heavy atom. The van der Waals surface area contributed by atoms with Gasteiger partial charge in [-0.15, -0.1) is 0 Å². The molecule has 0 saturated heterocycles. The highest BCUT2D eigenvalue weighted by atomic mass is 15.1. The summed E-state index contributed by atoms with van der Waals surface area (Å²) in [7, 11) is 0. The van der Waals surface area contributed by atoms with Gasteiger partial charge >= 0.3 is 0 Å². The lowest BCUT2D eigenvalue weighted by Crippen LogP contribution is -2.10. The van der Waals surface area contributed by atoms with E-state index in [9.17, 15) is 0 Å². The van der Waals surface area contributed by atoms with E-state index in [0.29, 0.717) is 0 Å². The second-order valence-corrected chi connectivity index (χ2v) is 29.8. The van der Waals surface area contributed by atoms with Crippen molar-refractivity contribution in [3.8, 4) is 89.5 Å². The maximum atomic E-state index is 2.50. The Morgan fingerprint density at radius 3 is 1.29 bits per heavy atom. The lowest BCUT2D eigenvalue weighted by Gasteiger charge is -2.27. The van der Waals surface area contributed by atoms with E-state index in [2.05, 4.69) is 431 Å². The summed E-state index contributed by atoms with van der Waals surface area (Å²) >= 11 is 0. The molecule has 0 bridgehead atoms. The van der Waals surface area contributed by atoms with Crippen molar-refractivity contribution in [1.82, 2.24) is 9.13 Å². The van der Waals surface area contributed by atoms with E-state index in [0.717, 1.165) is 34.1 Å². The predicted octanol–water partition coefficient (Wildman–Crippen LogP) is 30.0. The molecule has 520 valence electrons. The van der Waals surface area contributed by atoms with Gasteiger partial charge in [0.05, 0.1) is 33.8 Å². The van der Waals surface area contributed by atoms with Crippen LogP contribution in [-0.2, 0) is 0 Å². The molecule has 2 heterocycles. The zero-order valence-corrected chi connectivity index (χ0v) is 61.0. The summed E-state index contributed by atoms with van der Waals surface area (Å²) in [5.41, 5.74) is 29.3. The third kappa shape index (κ3) is 9.88. The van der Waals surface area contributed by atoms with Crippen LogP contribution in [0.5, 0.6) is 0 Å². The van der Waals surface area contributed by atoms with Gasteiger partial charge in [-0.1, -0.05) is 297 Å². The van der Waals surface area contributed by atoms with Crippen LogP contribution in [-0.4, -0.2) is 9.13 Å². The topological polar surface area (TPSA) is 16.3 Å². The maximum absolute atomic E-state index is 2.50. The van der Waals surface area contributed by atoms with Gasteiger partial charge in [-0.2, -0.15) is 0 Å². The van der Waals surface area contributed by atoms with Crippen LogP contribution in [0, 0.1) is 0 Å². The van der Waals surface area contributed by atoms with Crippen LogP contribution in [0.4, 0.5) is 34.1 Å². The van der Waals surface area contributed by atoms with Crippen LogP contribution < -0.4 is 9.80 Å². The van der Waals surface area contributed by atoms with Crippen molar-refractivity contribution in [2.45, 2.75) is 0 Å². The molecule has 2 aromatic heterocycles. The van der Waals surface area contributed by atoms with Crippen molar-refractivity contribution in [3.63, 3.8) is 0 Å². The number of hydrogen-bond donors (Lipinski definition) is 0. The molecule has 0 saturated carbocycles. The number of rotatable bonds is 11. The molecule has 0 unspecified atom stereocenters. The predicted molar refractivity (Wildman–Crippen MR) is 475 cm³/mol. The van der Waals surface area contributed by atoms with Gasteiger partial charge in [0.2, 0.25) is 0 Å². The van der Waals surface area contributed by atoms with Gasteiger partial charge in [0.25, 0.3) is 0 Å². The van der Waals surface area contributed by atoms with Gasteiger partial charge in [-0.3, -0.25) is 0 Å². The first-order chi connectivity index (χ1) is 55.6. The van der Waals surface area contributed by atoms with Crippen LogP contribution in [0.3, 0.4) is 0 Å². The fraction of sp³-hybridized carbons (Fsp3) is 0. The van der Waals surface area contributed by atoms with Crippen molar-refractivity contribution in [2.75, 3.05) is 9.80 Å². The molecule has 2 aliphatic rings. The molecule has 0 N–H and O–H groups in total. The molecule has 2 aliphatic carbocycles. The molecule has 0 aliphatic heterocycles. The van der Waals surface area contributed by atoms with Gasteiger partial charge in [0.1, 0.15) is 0 Å². The maximum Gasteiger partial charge on any atom is 0.0632 e. The van der Waals surface area contributed by atoms with Crippen molar-refractivity contribution >= 4 is 131 Å². The first-order valence-corrected chi connectivity index (χ1v) is 38.7. The molecule has 0 spiro atoms. The van der Waals surface area contributed by atoms with Crippen LogP contribution in [0.25, 0.3) is 187 Å². The monoisotopic (exact) mass is 1420 g/mol. The summed E-state index contributed by atoms with van der Waals surface area (Å²) < 4.78 is 4.99. The van der Waals surface area contributed by atoms with Crippen molar-refractivity contribution in [1.29, 1.82) is 0 Å². The van der Waals surface area contributed by atoms with E-state index in [1.54, 1.807) is 0 Å². The van der Waals surface area contributed by atoms with Crippen LogP contribution in [0.15, 0.2) is 413 Å². The van der Waals surface area contributed by atoms with Crippen molar-refractivity contribution < 1.29 is 0 Å². The number of para-hydroxylation sites is 4. The average molecular weight is 1420 g/mol. The largest absolute Gasteiger partial charge is 0.310 e. The zero-order chi connectivity index (χ0) is 73.5. The molecule has 24 rings (SSSR count). The first kappa shape index (κ1) is 63.3. The van der Waals surface area contributed by atoms with Crippen molar-refractivity contribution in [3.05, 3.63) is 413 Å². The Bertz CT molecular complexity index is 7520. The first-order valence-electron chi connectivity index (χ1n) is 38.7. The lowest BCUT2D eigenvalue weighted by molar-refractivity contribution is 1.14. The number of nitrogens with zero attached hydrogens (tertiary/aromatic N) is 4. The SMILES string of the molecule is c1ccc(N(c2ccc(-c3ccc(-c4ccc5c6c(n(-c7ccccc7)c5c4)-c4ccc5ccc7cccc8cc-6c4c5c78)cc3)cc2)c2cccc3ccccc23)cc1.c1ccc(N(c2cccc(-c3ccc4c(c3)c3c(n4-c4ccccc4)-c4c5ccccc5cc5cccc-3c45)c2)c2cccc3ccccc23)cc1. The van der Waals surface area contributed by atoms with Crippen LogP contribution in [0.1, 0.15) is 0 Å². The standard InChI is InChI=1S/C58H36N2.C50H32N2/c1-3-15-45(16-4-1)59(52-20-10-12-40-11-7-8-19-48(40)52)47-31-27-38(28-32-47)37-21-23-39(24-22-37)43-30-33-49-53(36-43)60(46-17-5-2-6-18-46)58-50-34-29-42-26-25-41-13-9-14-44-35-51(57(49)58)56(50)55(42)54(41)44;1-3-19-38(20-4-1)51(45-27-13-16-33-14-7-9-24-41(33)45)40-23-11-17-34(31-40)35-28-29-46-44(32-35)48-43-26-12-18-37-30-36-15-8-10-25-42(36)49(47(37)43)50(48)52(46)39-21-5-2-6-22-39/h1-36H;1-32H. The summed E-state index contributed by atoms with van der Waals surface area (Å²) in [6, 6.07) is 151. The Balaban J connectivity index is 0.000000135. The number of fused-ring (bicyclic) bond motifs is 14. The fourth-order valence-corrected chi connectivity index (χ4v) is 18.8. The second kappa shape index (κ2) is 25.4. The molecular formula is C108H68N4. The second-order valence-electron chi connectivity index (χ2n) is 29.8. The quantitative estimate of drug-likeness (QED) is 0.0948. The van der Waals surface area contributed by atoms with E-state index >= 15 is 0 Å². The zero-order valence-electron chi connectivity index (χ0n) is 61.0. The molecule has 0 radical (unpaired) electrons. The highest BCUT2D eigenvalue weighted by molar-refractivity contribution is 6.34. The van der Waals surface area contributed by atoms with Crippen LogP contribution >= 0.6 is 0 Å². The molecular weight excluding hydrogens is 1350 g/mol. The Labute approximate surface area is 648 Å². The normalized spacial score (nSPS) is 11.9. The van der Waals surface area contributed by atoms with E-state index in [4.69, 9.17) is 0 Å². The summed E-state index contributed by atoms with van der Waals surface area (Å²) in [6.45, 7) is 0. The van der Waals surface area contributed by atoms with Gasteiger partial charge in [0, 0.05) is 83.3 Å². The summed E-state index contributed by atoms with van der Waals surface area (Å²) in [6.07, 6.45) is 0. The minimum Gasteiger partial charge on any atom is -0.310 e. The van der Waals surface area contributed by atoms with Gasteiger partial charge in [-0.05, 0) is 219 Å². The van der Waals surface area contributed by atoms with E-state index in [1.165, 1.54) is 187 Å². The number of benzene rings is 20. The Morgan fingerprint density at radius 2 is 0.625 bits per heavy atom. The number of aromatic nitrogens is 2. The molecule has 0 atom stereocenters. The Hall–Kier alpha value is -14.8. The Kier molecular flexibility index (Phi) is 14.3. The number of anilines is 6.